The molecule has 7 rings (SSSR count). The molecule has 0 aromatic heterocycles. The Hall–Kier alpha value is -0.723. The minimum absolute atomic E-state index is 0.110. The number of rotatable bonds is 1. The van der Waals surface area contributed by atoms with Gasteiger partial charge in [0.15, 0.2) is 0 Å². The van der Waals surface area contributed by atoms with E-state index in [9.17, 15) is 0 Å². The first-order valence-electron chi connectivity index (χ1n) is 9.80. The zero-order valence-electron chi connectivity index (χ0n) is 15.4. The van der Waals surface area contributed by atoms with Gasteiger partial charge in [0.05, 0.1) is 18.8 Å². The van der Waals surface area contributed by atoms with E-state index in [0.29, 0.717) is 24.5 Å². The second-order valence-electron chi connectivity index (χ2n) is 8.91. The van der Waals surface area contributed by atoms with Gasteiger partial charge in [0.2, 0.25) is 0 Å². The lowest BCUT2D eigenvalue weighted by atomic mass is 9.44. The van der Waals surface area contributed by atoms with Crippen LogP contribution in [0.3, 0.4) is 0 Å². The fourth-order valence-electron chi connectivity index (χ4n) is 5.84. The first kappa shape index (κ1) is 16.5. The Morgan fingerprint density at radius 2 is 1.80 bits per heavy atom. The molecule has 1 spiro atoms. The summed E-state index contributed by atoms with van der Waals surface area (Å²) in [6.07, 6.45) is 3.73. The van der Waals surface area contributed by atoms with E-state index in [1.54, 1.807) is 0 Å². The van der Waals surface area contributed by atoms with Crippen molar-refractivity contribution in [3.8, 4) is 0 Å². The molecule has 3 heterocycles. The Balaban J connectivity index is 1.59. The summed E-state index contributed by atoms with van der Waals surface area (Å²) in [5.41, 5.74) is 0.264. The smallest absolute Gasteiger partial charge is 0.369 e. The van der Waals surface area contributed by atoms with Gasteiger partial charge in [-0.15, -0.1) is 0 Å². The molecule has 0 amide bonds. The third-order valence-corrected chi connectivity index (χ3v) is 10.3. The Labute approximate surface area is 151 Å². The van der Waals surface area contributed by atoms with Crippen LogP contribution in [0, 0.1) is 17.3 Å². The highest BCUT2D eigenvalue weighted by Crippen LogP contribution is 2.64. The lowest BCUT2D eigenvalue weighted by molar-refractivity contribution is -0.223. The van der Waals surface area contributed by atoms with E-state index in [1.165, 1.54) is 12.8 Å². The van der Waals surface area contributed by atoms with Gasteiger partial charge in [0.1, 0.15) is 0 Å². The summed E-state index contributed by atoms with van der Waals surface area (Å²) in [6.45, 7) is 9.32. The largest absolute Gasteiger partial charge is 0.537 e. The molecule has 6 fully saturated rings. The van der Waals surface area contributed by atoms with Crippen molar-refractivity contribution >= 4 is 14.0 Å². The van der Waals surface area contributed by atoms with Gasteiger partial charge in [-0.3, -0.25) is 4.90 Å². The summed E-state index contributed by atoms with van der Waals surface area (Å²) >= 11 is 0. The molecule has 1 aromatic rings. The van der Waals surface area contributed by atoms with Gasteiger partial charge < -0.3 is 13.3 Å². The second-order valence-corrected chi connectivity index (χ2v) is 11.4. The maximum atomic E-state index is 7.10. The van der Waals surface area contributed by atoms with Crippen molar-refractivity contribution < 1.29 is 13.3 Å². The Bertz CT molecular complexity index is 640. The Morgan fingerprint density at radius 1 is 1.08 bits per heavy atom. The predicted octanol–water partition coefficient (Wildman–Crippen LogP) is 2.41. The van der Waals surface area contributed by atoms with Crippen LogP contribution in [-0.4, -0.2) is 52.2 Å². The van der Waals surface area contributed by atoms with Gasteiger partial charge in [0.25, 0.3) is 0 Å². The second kappa shape index (κ2) is 5.63. The monoisotopic (exact) mass is 359 g/mol. The van der Waals surface area contributed by atoms with Crippen molar-refractivity contribution in [1.82, 2.24) is 4.90 Å². The molecule has 0 unspecified atom stereocenters. The summed E-state index contributed by atoms with van der Waals surface area (Å²) < 4.78 is 20.0. The lowest BCUT2D eigenvalue weighted by Crippen LogP contribution is -2.74. The quantitative estimate of drug-likeness (QED) is 0.721. The number of benzene rings is 1. The fraction of sp³-hybridized carbons (Fsp3) is 0.700. The molecule has 3 atom stereocenters. The van der Waals surface area contributed by atoms with Crippen LogP contribution in [-0.2, 0) is 13.3 Å². The molecule has 3 saturated heterocycles. The molecule has 4 bridgehead atoms. The molecule has 6 aliphatic rings. The highest BCUT2D eigenvalue weighted by Gasteiger charge is 2.66. The van der Waals surface area contributed by atoms with Crippen LogP contribution in [0.1, 0.15) is 33.1 Å². The summed E-state index contributed by atoms with van der Waals surface area (Å²) in [5, 5.41) is 1.13. The van der Waals surface area contributed by atoms with Crippen LogP contribution in [0.2, 0.25) is 0 Å². The Kier molecular flexibility index (Phi) is 3.71. The van der Waals surface area contributed by atoms with E-state index in [1.807, 2.05) is 0 Å². The van der Waals surface area contributed by atoms with Crippen molar-refractivity contribution in [2.75, 3.05) is 32.8 Å². The number of hydrogen-bond acceptors (Lipinski definition) is 4. The van der Waals surface area contributed by atoms with Gasteiger partial charge in [-0.25, -0.2) is 0 Å². The lowest BCUT2D eigenvalue weighted by Gasteiger charge is -2.67. The number of nitrogens with zero attached hydrogens (tertiary/aromatic N) is 1. The molecule has 3 saturated carbocycles. The third-order valence-electron chi connectivity index (χ3n) is 7.38. The summed E-state index contributed by atoms with van der Waals surface area (Å²) in [5.74, 6) is 1.48. The molecule has 3 aliphatic heterocycles. The molecule has 1 aromatic carbocycles. The predicted molar refractivity (Wildman–Crippen MR) is 98.6 cm³/mol. The van der Waals surface area contributed by atoms with E-state index in [4.69, 9.17) is 13.3 Å². The standard InChI is InChI=1S/C20H29NO3Si/c1-19(2)16-8-9-20(18(19)14-16)15-21-10-12-22-25(24-20,23-13-11-21)17-6-4-3-5-7-17/h3-7,16,18H,8-15H2,1-2H3/t16-,18-,20+/m0/s1. The zero-order valence-corrected chi connectivity index (χ0v) is 16.4. The van der Waals surface area contributed by atoms with Gasteiger partial charge in [-0.2, -0.15) is 0 Å². The normalized spacial score (nSPS) is 45.3. The van der Waals surface area contributed by atoms with Crippen LogP contribution < -0.4 is 5.19 Å². The van der Waals surface area contributed by atoms with Gasteiger partial charge in [-0.05, 0) is 36.5 Å². The first-order chi connectivity index (χ1) is 12.0. The third kappa shape index (κ3) is 2.40. The molecule has 25 heavy (non-hydrogen) atoms. The average Bonchev–Trinajstić information content (AvgIpc) is 2.57. The van der Waals surface area contributed by atoms with Crippen molar-refractivity contribution in [1.29, 1.82) is 0 Å². The Morgan fingerprint density at radius 3 is 2.44 bits per heavy atom. The molecule has 0 radical (unpaired) electrons. The molecule has 3 aliphatic carbocycles. The highest BCUT2D eigenvalue weighted by molar-refractivity contribution is 6.75. The summed E-state index contributed by atoms with van der Waals surface area (Å²) in [4.78, 5) is 2.51. The summed E-state index contributed by atoms with van der Waals surface area (Å²) in [7, 11) is -2.87. The van der Waals surface area contributed by atoms with E-state index in [2.05, 4.69) is 49.1 Å². The topological polar surface area (TPSA) is 30.9 Å². The average molecular weight is 360 g/mol. The summed E-state index contributed by atoms with van der Waals surface area (Å²) in [6, 6.07) is 10.5. The van der Waals surface area contributed by atoms with Crippen LogP contribution >= 0.6 is 0 Å². The van der Waals surface area contributed by atoms with E-state index in [-0.39, 0.29) is 5.60 Å². The molecular formula is C20H29NO3Si. The minimum atomic E-state index is -2.87. The maximum absolute atomic E-state index is 7.10. The fourth-order valence-corrected chi connectivity index (χ4v) is 8.65. The highest BCUT2D eigenvalue weighted by atomic mass is 28.4. The SMILES string of the molecule is CC1(C)[C@H]2CC[C@@]3(CN4CCO[Si](c5ccccc5)(OCC4)O3)[C@H]1C2. The van der Waals surface area contributed by atoms with E-state index in [0.717, 1.165) is 37.2 Å². The number of fused-ring (bicyclic) bond motifs is 5. The molecule has 4 nitrogen and oxygen atoms in total. The molecule has 5 heteroatoms. The zero-order chi connectivity index (χ0) is 17.1. The maximum Gasteiger partial charge on any atom is 0.537 e. The van der Waals surface area contributed by atoms with E-state index >= 15 is 0 Å². The van der Waals surface area contributed by atoms with Crippen LogP contribution in [0.4, 0.5) is 0 Å². The van der Waals surface area contributed by atoms with Gasteiger partial charge in [0, 0.05) is 24.8 Å². The van der Waals surface area contributed by atoms with Gasteiger partial charge >= 0.3 is 8.80 Å². The van der Waals surface area contributed by atoms with Gasteiger partial charge in [-0.1, -0.05) is 44.2 Å². The number of hydrogen-bond donors (Lipinski definition) is 0. The van der Waals surface area contributed by atoms with Crippen LogP contribution in [0.5, 0.6) is 0 Å². The molecular weight excluding hydrogens is 330 g/mol. The van der Waals surface area contributed by atoms with Crippen LogP contribution in [0.15, 0.2) is 30.3 Å². The van der Waals surface area contributed by atoms with Crippen LogP contribution in [0.25, 0.3) is 0 Å². The van der Waals surface area contributed by atoms with Crippen molar-refractivity contribution in [3.63, 3.8) is 0 Å². The van der Waals surface area contributed by atoms with Crippen molar-refractivity contribution in [3.05, 3.63) is 30.3 Å². The van der Waals surface area contributed by atoms with Crippen molar-refractivity contribution in [2.45, 2.75) is 38.7 Å². The minimum Gasteiger partial charge on any atom is -0.369 e. The molecule has 136 valence electrons. The van der Waals surface area contributed by atoms with E-state index < -0.39 is 8.80 Å². The molecule has 0 N–H and O–H groups in total. The first-order valence-corrected chi connectivity index (χ1v) is 11.5. The van der Waals surface area contributed by atoms with Crippen molar-refractivity contribution in [2.24, 2.45) is 17.3 Å².